The highest BCUT2D eigenvalue weighted by Crippen LogP contribution is 2.20. The van der Waals surface area contributed by atoms with E-state index in [9.17, 15) is 4.79 Å². The second-order valence-electron chi connectivity index (χ2n) is 7.06. The highest BCUT2D eigenvalue weighted by molar-refractivity contribution is 7.12. The summed E-state index contributed by atoms with van der Waals surface area (Å²) in [4.78, 5) is 17.8. The molecule has 0 saturated carbocycles. The molecule has 0 aliphatic heterocycles. The molecule has 160 valence electrons. The van der Waals surface area contributed by atoms with Crippen molar-refractivity contribution in [2.24, 2.45) is 0 Å². The maximum atomic E-state index is 12.3. The number of unbranched alkanes of at least 4 members (excludes halogenated alkanes) is 1. The summed E-state index contributed by atoms with van der Waals surface area (Å²) in [6.07, 6.45) is 1.85. The van der Waals surface area contributed by atoms with E-state index in [-0.39, 0.29) is 5.91 Å². The second-order valence-corrected chi connectivity index (χ2v) is 8.01. The number of thiophene rings is 1. The molecule has 0 aliphatic carbocycles. The molecule has 6 nitrogen and oxygen atoms in total. The third-order valence-corrected chi connectivity index (χ3v) is 5.84. The van der Waals surface area contributed by atoms with E-state index in [1.165, 1.54) is 11.3 Å². The van der Waals surface area contributed by atoms with E-state index in [0.29, 0.717) is 18.0 Å². The molecule has 2 aromatic heterocycles. The fourth-order valence-corrected chi connectivity index (χ4v) is 4.06. The molecule has 1 N–H and O–H groups in total. The topological polar surface area (TPSA) is 65.4 Å². The Morgan fingerprint density at radius 1 is 1.06 bits per heavy atom. The van der Waals surface area contributed by atoms with Crippen LogP contribution < -0.4 is 14.8 Å². The number of hydrogen-bond acceptors (Lipinski definition) is 5. The molecular weight excluding hydrogens is 410 g/mol. The standard InChI is InChI=1S/C24H25N3O3S/c1-29-18-8-6-9-19(16-18)30-14-5-4-13-27-21-11-3-2-10-20(21)26-23(27)17-25-24(28)22-12-7-15-31-22/h2-3,6-12,15-16H,4-5,13-14,17H2,1H3,(H,25,28). The Hall–Kier alpha value is -3.32. The maximum absolute atomic E-state index is 12.3. The Labute approximate surface area is 185 Å². The summed E-state index contributed by atoms with van der Waals surface area (Å²) in [7, 11) is 1.65. The van der Waals surface area contributed by atoms with Crippen molar-refractivity contribution in [1.29, 1.82) is 0 Å². The summed E-state index contributed by atoms with van der Waals surface area (Å²) in [6, 6.07) is 19.4. The van der Waals surface area contributed by atoms with E-state index >= 15 is 0 Å². The molecule has 0 saturated heterocycles. The van der Waals surface area contributed by atoms with Gasteiger partial charge in [0.1, 0.15) is 17.3 Å². The lowest BCUT2D eigenvalue weighted by molar-refractivity contribution is 0.0953. The molecular formula is C24H25N3O3S. The van der Waals surface area contributed by atoms with Crippen LogP contribution in [0.5, 0.6) is 11.5 Å². The number of rotatable bonds is 10. The van der Waals surface area contributed by atoms with Gasteiger partial charge in [-0.05, 0) is 48.6 Å². The van der Waals surface area contributed by atoms with Crippen LogP contribution in [0.1, 0.15) is 28.3 Å². The zero-order chi connectivity index (χ0) is 21.5. The molecule has 0 atom stereocenters. The van der Waals surface area contributed by atoms with Gasteiger partial charge in [-0.2, -0.15) is 0 Å². The number of ether oxygens (including phenoxy) is 2. The number of carbonyl (C=O) groups excluding carboxylic acids is 1. The summed E-state index contributed by atoms with van der Waals surface area (Å²) >= 11 is 1.43. The molecule has 0 radical (unpaired) electrons. The fourth-order valence-electron chi connectivity index (χ4n) is 3.42. The summed E-state index contributed by atoms with van der Waals surface area (Å²) < 4.78 is 13.3. The number of carbonyl (C=O) groups is 1. The van der Waals surface area contributed by atoms with E-state index in [2.05, 4.69) is 16.0 Å². The minimum absolute atomic E-state index is 0.0692. The van der Waals surface area contributed by atoms with Crippen molar-refractivity contribution >= 4 is 28.3 Å². The number of fused-ring (bicyclic) bond motifs is 1. The summed E-state index contributed by atoms with van der Waals surface area (Å²) in [5.74, 6) is 2.39. The van der Waals surface area contributed by atoms with E-state index in [4.69, 9.17) is 14.5 Å². The molecule has 7 heteroatoms. The van der Waals surface area contributed by atoms with Crippen molar-refractivity contribution in [3.63, 3.8) is 0 Å². The van der Waals surface area contributed by atoms with Crippen LogP contribution in [0.15, 0.2) is 66.0 Å². The van der Waals surface area contributed by atoms with Crippen molar-refractivity contribution < 1.29 is 14.3 Å². The summed E-state index contributed by atoms with van der Waals surface area (Å²) in [5, 5.41) is 4.89. The number of nitrogens with zero attached hydrogens (tertiary/aromatic N) is 2. The molecule has 31 heavy (non-hydrogen) atoms. The van der Waals surface area contributed by atoms with Gasteiger partial charge in [0.05, 0.1) is 36.2 Å². The quantitative estimate of drug-likeness (QED) is 0.360. The first-order chi connectivity index (χ1) is 15.2. The number of imidazole rings is 1. The van der Waals surface area contributed by atoms with E-state index in [0.717, 1.165) is 47.7 Å². The molecule has 0 spiro atoms. The van der Waals surface area contributed by atoms with Gasteiger partial charge in [0, 0.05) is 12.6 Å². The van der Waals surface area contributed by atoms with Crippen LogP contribution in [-0.4, -0.2) is 29.2 Å². The number of aryl methyl sites for hydroxylation is 1. The predicted molar refractivity (Wildman–Crippen MR) is 123 cm³/mol. The van der Waals surface area contributed by atoms with Crippen molar-refractivity contribution in [2.45, 2.75) is 25.9 Å². The number of para-hydroxylation sites is 2. The molecule has 2 heterocycles. The minimum atomic E-state index is -0.0692. The van der Waals surface area contributed by atoms with Crippen LogP contribution in [0, 0.1) is 0 Å². The third kappa shape index (κ3) is 5.24. The van der Waals surface area contributed by atoms with Crippen LogP contribution in [0.3, 0.4) is 0 Å². The van der Waals surface area contributed by atoms with Crippen molar-refractivity contribution in [3.8, 4) is 11.5 Å². The van der Waals surface area contributed by atoms with Gasteiger partial charge in [-0.15, -0.1) is 11.3 Å². The monoisotopic (exact) mass is 435 g/mol. The van der Waals surface area contributed by atoms with Gasteiger partial charge in [-0.25, -0.2) is 4.98 Å². The van der Waals surface area contributed by atoms with Gasteiger partial charge < -0.3 is 19.4 Å². The molecule has 0 aliphatic rings. The summed E-state index contributed by atoms with van der Waals surface area (Å²) in [5.41, 5.74) is 2.02. The van der Waals surface area contributed by atoms with Gasteiger partial charge >= 0.3 is 0 Å². The van der Waals surface area contributed by atoms with E-state index in [1.807, 2.05) is 60.0 Å². The number of amides is 1. The lowest BCUT2D eigenvalue weighted by Gasteiger charge is -2.11. The minimum Gasteiger partial charge on any atom is -0.497 e. The van der Waals surface area contributed by atoms with Gasteiger partial charge in [0.15, 0.2) is 0 Å². The molecule has 2 aromatic carbocycles. The van der Waals surface area contributed by atoms with Gasteiger partial charge in [-0.1, -0.05) is 24.3 Å². The van der Waals surface area contributed by atoms with E-state index in [1.54, 1.807) is 7.11 Å². The molecule has 0 fully saturated rings. The van der Waals surface area contributed by atoms with Crippen LogP contribution in [0.4, 0.5) is 0 Å². The van der Waals surface area contributed by atoms with Crippen molar-refractivity contribution in [2.75, 3.05) is 13.7 Å². The first-order valence-corrected chi connectivity index (χ1v) is 11.2. The molecule has 4 aromatic rings. The average Bonchev–Trinajstić information content (AvgIpc) is 3.46. The smallest absolute Gasteiger partial charge is 0.261 e. The van der Waals surface area contributed by atoms with Crippen LogP contribution in [-0.2, 0) is 13.1 Å². The summed E-state index contributed by atoms with van der Waals surface area (Å²) in [6.45, 7) is 1.84. The van der Waals surface area contributed by atoms with E-state index < -0.39 is 0 Å². The fraction of sp³-hybridized carbons (Fsp3) is 0.250. The van der Waals surface area contributed by atoms with Crippen LogP contribution in [0.2, 0.25) is 0 Å². The Kier molecular flexibility index (Phi) is 6.84. The number of hydrogen-bond donors (Lipinski definition) is 1. The SMILES string of the molecule is COc1cccc(OCCCCn2c(CNC(=O)c3cccs3)nc3ccccc32)c1. The predicted octanol–water partition coefficient (Wildman–Crippen LogP) is 4.90. The Bertz CT molecular complexity index is 1140. The second kappa shape index (κ2) is 10.1. The average molecular weight is 436 g/mol. The highest BCUT2D eigenvalue weighted by Gasteiger charge is 2.12. The first kappa shape index (κ1) is 20.9. The number of aromatic nitrogens is 2. The zero-order valence-electron chi connectivity index (χ0n) is 17.4. The third-order valence-electron chi connectivity index (χ3n) is 4.97. The van der Waals surface area contributed by atoms with Crippen LogP contribution in [0.25, 0.3) is 11.0 Å². The van der Waals surface area contributed by atoms with Crippen molar-refractivity contribution in [1.82, 2.24) is 14.9 Å². The normalized spacial score (nSPS) is 10.9. The molecule has 0 bridgehead atoms. The Morgan fingerprint density at radius 2 is 1.94 bits per heavy atom. The van der Waals surface area contributed by atoms with Gasteiger partial charge in [0.25, 0.3) is 5.91 Å². The first-order valence-electron chi connectivity index (χ1n) is 10.3. The van der Waals surface area contributed by atoms with Crippen LogP contribution >= 0.6 is 11.3 Å². The largest absolute Gasteiger partial charge is 0.497 e. The maximum Gasteiger partial charge on any atom is 0.261 e. The zero-order valence-corrected chi connectivity index (χ0v) is 18.2. The van der Waals surface area contributed by atoms with Gasteiger partial charge in [-0.3, -0.25) is 4.79 Å². The van der Waals surface area contributed by atoms with Gasteiger partial charge in [0.2, 0.25) is 0 Å². The number of benzene rings is 2. The highest BCUT2D eigenvalue weighted by atomic mass is 32.1. The number of methoxy groups -OCH3 is 1. The Morgan fingerprint density at radius 3 is 2.77 bits per heavy atom. The molecule has 1 amide bonds. The molecule has 0 unspecified atom stereocenters. The Balaban J connectivity index is 1.35. The lowest BCUT2D eigenvalue weighted by atomic mass is 10.3. The number of nitrogens with one attached hydrogen (secondary N) is 1. The lowest BCUT2D eigenvalue weighted by Crippen LogP contribution is -2.24. The van der Waals surface area contributed by atoms with Crippen molar-refractivity contribution in [3.05, 3.63) is 76.7 Å². The molecule has 4 rings (SSSR count).